The molecule has 158 valence electrons. The number of carbonyl (C=O) groups is 3. The number of rotatable bonds is 6. The van der Waals surface area contributed by atoms with Gasteiger partial charge in [-0.2, -0.15) is 0 Å². The molecule has 3 heterocycles. The fraction of sp³-hybridized carbons (Fsp3) is 0.667. The summed E-state index contributed by atoms with van der Waals surface area (Å²) in [6.07, 6.45) is 2.90. The van der Waals surface area contributed by atoms with Crippen molar-refractivity contribution in [3.8, 4) is 0 Å². The molecule has 1 atom stereocenters. The molecule has 0 bridgehead atoms. The van der Waals surface area contributed by atoms with Crippen LogP contribution in [0.4, 0.5) is 5.82 Å². The van der Waals surface area contributed by atoms with E-state index in [1.165, 1.54) is 6.92 Å². The molecule has 0 radical (unpaired) electrons. The summed E-state index contributed by atoms with van der Waals surface area (Å²) in [5.41, 5.74) is 1.99. The quantitative estimate of drug-likeness (QED) is 0.781. The molecule has 1 saturated heterocycles. The van der Waals surface area contributed by atoms with E-state index < -0.39 is 0 Å². The van der Waals surface area contributed by atoms with Crippen LogP contribution < -0.4 is 10.2 Å². The van der Waals surface area contributed by atoms with Crippen molar-refractivity contribution in [1.29, 1.82) is 0 Å². The third-order valence-electron chi connectivity index (χ3n) is 5.68. The summed E-state index contributed by atoms with van der Waals surface area (Å²) >= 11 is 0. The summed E-state index contributed by atoms with van der Waals surface area (Å²) in [5, 5.41) is 2.56. The Morgan fingerprint density at radius 3 is 2.69 bits per heavy atom. The third-order valence-corrected chi connectivity index (χ3v) is 5.68. The maximum absolute atomic E-state index is 12.6. The minimum absolute atomic E-state index is 0.0175. The zero-order valence-corrected chi connectivity index (χ0v) is 17.8. The van der Waals surface area contributed by atoms with Crippen LogP contribution in [-0.2, 0) is 20.8 Å². The third kappa shape index (κ3) is 4.92. The first-order valence-electron chi connectivity index (χ1n) is 10.5. The van der Waals surface area contributed by atoms with Crippen LogP contribution in [0.5, 0.6) is 0 Å². The smallest absolute Gasteiger partial charge is 0.241 e. The van der Waals surface area contributed by atoms with Gasteiger partial charge in [0.15, 0.2) is 0 Å². The molecule has 1 unspecified atom stereocenters. The average Bonchev–Trinajstić information content (AvgIpc) is 3.15. The molecule has 1 aromatic rings. The highest BCUT2D eigenvalue weighted by Gasteiger charge is 2.33. The molecule has 0 aliphatic carbocycles. The van der Waals surface area contributed by atoms with Gasteiger partial charge in [-0.05, 0) is 32.1 Å². The molecule has 1 aromatic heterocycles. The zero-order valence-electron chi connectivity index (χ0n) is 17.8. The number of nitrogens with zero attached hydrogens (tertiary/aromatic N) is 4. The van der Waals surface area contributed by atoms with Crippen molar-refractivity contribution in [2.75, 3.05) is 31.1 Å². The number of carbonyl (C=O) groups excluding carboxylic acids is 3. The van der Waals surface area contributed by atoms with Crippen molar-refractivity contribution in [2.24, 2.45) is 5.92 Å². The number of likely N-dealkylation sites (tertiary alicyclic amines) is 1. The van der Waals surface area contributed by atoms with Gasteiger partial charge < -0.3 is 10.2 Å². The molecular formula is C21H31N5O3. The Morgan fingerprint density at radius 2 is 2.00 bits per heavy atom. The van der Waals surface area contributed by atoms with E-state index in [1.54, 1.807) is 4.90 Å². The normalized spacial score (nSPS) is 18.9. The maximum atomic E-state index is 12.6. The van der Waals surface area contributed by atoms with E-state index in [9.17, 15) is 14.4 Å². The van der Waals surface area contributed by atoms with E-state index in [4.69, 9.17) is 9.97 Å². The highest BCUT2D eigenvalue weighted by Crippen LogP contribution is 2.32. The van der Waals surface area contributed by atoms with Crippen LogP contribution in [-0.4, -0.2) is 58.8 Å². The Hall–Kier alpha value is -2.51. The lowest BCUT2D eigenvalue weighted by Crippen LogP contribution is -2.39. The van der Waals surface area contributed by atoms with Gasteiger partial charge in [0.05, 0.1) is 6.54 Å². The fourth-order valence-corrected chi connectivity index (χ4v) is 3.91. The molecule has 3 rings (SSSR count). The number of anilines is 1. The van der Waals surface area contributed by atoms with Gasteiger partial charge >= 0.3 is 0 Å². The first-order valence-corrected chi connectivity index (χ1v) is 10.5. The Kier molecular flexibility index (Phi) is 6.49. The number of aromatic nitrogens is 2. The predicted octanol–water partition coefficient (Wildman–Crippen LogP) is 1.56. The van der Waals surface area contributed by atoms with Crippen LogP contribution >= 0.6 is 0 Å². The molecule has 8 heteroatoms. The van der Waals surface area contributed by atoms with Crippen LogP contribution in [0.3, 0.4) is 0 Å². The number of hydrogen-bond donors (Lipinski definition) is 1. The second-order valence-corrected chi connectivity index (χ2v) is 8.43. The highest BCUT2D eigenvalue weighted by atomic mass is 16.2. The van der Waals surface area contributed by atoms with Gasteiger partial charge in [0.2, 0.25) is 17.7 Å². The Labute approximate surface area is 172 Å². The number of nitrogens with one attached hydrogen (secondary N) is 1. The molecule has 0 spiro atoms. The van der Waals surface area contributed by atoms with Crippen molar-refractivity contribution in [3.05, 3.63) is 17.1 Å². The van der Waals surface area contributed by atoms with Gasteiger partial charge in [-0.3, -0.25) is 19.3 Å². The van der Waals surface area contributed by atoms with Gasteiger partial charge in [0, 0.05) is 50.2 Å². The van der Waals surface area contributed by atoms with Crippen LogP contribution in [0.2, 0.25) is 0 Å². The summed E-state index contributed by atoms with van der Waals surface area (Å²) in [6.45, 7) is 9.53. The summed E-state index contributed by atoms with van der Waals surface area (Å²) in [5.74, 6) is 1.84. The van der Waals surface area contributed by atoms with E-state index in [2.05, 4.69) is 19.2 Å². The van der Waals surface area contributed by atoms with Crippen molar-refractivity contribution in [3.63, 3.8) is 0 Å². The number of hydrogen-bond acceptors (Lipinski definition) is 5. The maximum Gasteiger partial charge on any atom is 0.241 e. The molecule has 29 heavy (non-hydrogen) atoms. The molecule has 2 aliphatic rings. The number of fused-ring (bicyclic) bond motifs is 1. The minimum atomic E-state index is -0.214. The van der Waals surface area contributed by atoms with Crippen molar-refractivity contribution >= 4 is 23.5 Å². The summed E-state index contributed by atoms with van der Waals surface area (Å²) in [4.78, 5) is 49.0. The van der Waals surface area contributed by atoms with Crippen LogP contribution in [0.15, 0.2) is 0 Å². The van der Waals surface area contributed by atoms with Gasteiger partial charge in [0.25, 0.3) is 0 Å². The molecule has 0 saturated carbocycles. The first-order chi connectivity index (χ1) is 13.8. The monoisotopic (exact) mass is 401 g/mol. The molecule has 1 N–H and O–H groups in total. The summed E-state index contributed by atoms with van der Waals surface area (Å²) < 4.78 is 0. The van der Waals surface area contributed by atoms with E-state index in [1.807, 2.05) is 11.8 Å². The van der Waals surface area contributed by atoms with Crippen molar-refractivity contribution in [1.82, 2.24) is 20.2 Å². The Balaban J connectivity index is 1.78. The summed E-state index contributed by atoms with van der Waals surface area (Å²) in [6, 6.07) is 0. The molecule has 0 aromatic carbocycles. The number of amides is 3. The molecule has 8 nitrogen and oxygen atoms in total. The second kappa shape index (κ2) is 8.88. The lowest BCUT2D eigenvalue weighted by molar-refractivity contribution is -0.131. The lowest BCUT2D eigenvalue weighted by atomic mass is 10.0. The van der Waals surface area contributed by atoms with Gasteiger partial charge in [-0.25, -0.2) is 9.97 Å². The van der Waals surface area contributed by atoms with Crippen molar-refractivity contribution < 1.29 is 14.4 Å². The first kappa shape index (κ1) is 21.2. The van der Waals surface area contributed by atoms with E-state index in [0.717, 1.165) is 29.9 Å². The zero-order chi connectivity index (χ0) is 21.1. The molecular weight excluding hydrogens is 370 g/mol. The Bertz CT molecular complexity index is 808. The van der Waals surface area contributed by atoms with E-state index >= 15 is 0 Å². The Morgan fingerprint density at radius 1 is 1.24 bits per heavy atom. The average molecular weight is 402 g/mol. The lowest BCUT2D eigenvalue weighted by Gasteiger charge is -2.30. The van der Waals surface area contributed by atoms with Gasteiger partial charge in [0.1, 0.15) is 11.6 Å². The van der Waals surface area contributed by atoms with Gasteiger partial charge in [-0.1, -0.05) is 13.8 Å². The molecule has 3 amide bonds. The van der Waals surface area contributed by atoms with Gasteiger partial charge in [-0.15, -0.1) is 0 Å². The van der Waals surface area contributed by atoms with Crippen LogP contribution in [0.25, 0.3) is 0 Å². The van der Waals surface area contributed by atoms with E-state index in [0.29, 0.717) is 44.2 Å². The predicted molar refractivity (Wildman–Crippen MR) is 110 cm³/mol. The topological polar surface area (TPSA) is 95.5 Å². The van der Waals surface area contributed by atoms with E-state index in [-0.39, 0.29) is 30.2 Å². The fourth-order valence-electron chi connectivity index (χ4n) is 3.91. The number of aryl methyl sites for hydroxylation is 1. The summed E-state index contributed by atoms with van der Waals surface area (Å²) in [7, 11) is 0. The molecule has 2 aliphatic heterocycles. The largest absolute Gasteiger partial charge is 0.347 e. The van der Waals surface area contributed by atoms with Crippen molar-refractivity contribution in [2.45, 2.75) is 59.3 Å². The second-order valence-electron chi connectivity index (χ2n) is 8.43. The minimum Gasteiger partial charge on any atom is -0.347 e. The van der Waals surface area contributed by atoms with Crippen LogP contribution in [0.1, 0.15) is 63.0 Å². The molecule has 1 fully saturated rings. The SMILES string of the molecule is CC(=O)NCC(=O)N1CCC(c2nc(C)c3c(n2)N(CCC(C)C)C(=O)CC3)C1. The standard InChI is InChI=1S/C21H31N5O3/c1-13(2)7-10-26-18(28)6-5-17-14(3)23-20(24-21(17)26)16-8-9-25(12-16)19(29)11-22-15(4)27/h13,16H,5-12H2,1-4H3,(H,22,27). The van der Waals surface area contributed by atoms with Crippen LogP contribution in [0, 0.1) is 12.8 Å². The highest BCUT2D eigenvalue weighted by molar-refractivity contribution is 5.95.